The van der Waals surface area contributed by atoms with Gasteiger partial charge in [0, 0.05) is 6.20 Å². The number of carbonyl (C=O) groups excluding carboxylic acids is 2. The first-order valence-corrected chi connectivity index (χ1v) is 6.60. The van der Waals surface area contributed by atoms with Crippen molar-refractivity contribution in [3.63, 3.8) is 0 Å². The predicted octanol–water partition coefficient (Wildman–Crippen LogP) is 2.49. The maximum Gasteiger partial charge on any atom is 0.413 e. The standard InChI is InChI=1S/C16H13N3O4/c1-22-15(20)13-7-12(8-17)14(18-9-13)19-16(21)23-10-11-5-3-2-4-6-11/h2-7,9H,10H2,1H3,(H,18,19,21). The van der Waals surface area contributed by atoms with E-state index in [9.17, 15) is 9.59 Å². The van der Waals surface area contributed by atoms with Crippen LogP contribution in [0.2, 0.25) is 0 Å². The summed E-state index contributed by atoms with van der Waals surface area (Å²) in [6.07, 6.45) is 0.461. The average Bonchev–Trinajstić information content (AvgIpc) is 2.60. The Bertz CT molecular complexity index is 754. The molecule has 0 radical (unpaired) electrons. The lowest BCUT2D eigenvalue weighted by Gasteiger charge is -2.08. The van der Waals surface area contributed by atoms with Crippen molar-refractivity contribution in [1.29, 1.82) is 5.26 Å². The number of carbonyl (C=O) groups is 2. The quantitative estimate of drug-likeness (QED) is 0.870. The number of hydrogen-bond acceptors (Lipinski definition) is 6. The molecule has 0 bridgehead atoms. The average molecular weight is 311 g/mol. The number of amides is 1. The third kappa shape index (κ3) is 4.28. The number of nitriles is 1. The van der Waals surface area contributed by atoms with Crippen LogP contribution >= 0.6 is 0 Å². The molecule has 0 aliphatic carbocycles. The summed E-state index contributed by atoms with van der Waals surface area (Å²) in [6, 6.07) is 12.3. The molecule has 0 fully saturated rings. The first-order valence-electron chi connectivity index (χ1n) is 6.60. The van der Waals surface area contributed by atoms with Gasteiger partial charge in [0.15, 0.2) is 5.82 Å². The van der Waals surface area contributed by atoms with Crippen molar-refractivity contribution in [2.24, 2.45) is 0 Å². The zero-order chi connectivity index (χ0) is 16.7. The van der Waals surface area contributed by atoms with Crippen LogP contribution < -0.4 is 5.32 Å². The second-order valence-corrected chi connectivity index (χ2v) is 4.41. The number of hydrogen-bond donors (Lipinski definition) is 1. The van der Waals surface area contributed by atoms with Gasteiger partial charge in [-0.1, -0.05) is 30.3 Å². The molecular weight excluding hydrogens is 298 g/mol. The van der Waals surface area contributed by atoms with E-state index in [1.54, 1.807) is 0 Å². The molecule has 0 spiro atoms. The summed E-state index contributed by atoms with van der Waals surface area (Å²) < 4.78 is 9.58. The first-order chi connectivity index (χ1) is 11.1. The topological polar surface area (TPSA) is 101 Å². The van der Waals surface area contributed by atoms with E-state index in [2.05, 4.69) is 15.0 Å². The molecule has 0 saturated carbocycles. The van der Waals surface area contributed by atoms with Crippen LogP contribution in [0.3, 0.4) is 0 Å². The lowest BCUT2D eigenvalue weighted by Crippen LogP contribution is -2.16. The van der Waals surface area contributed by atoms with Crippen LogP contribution in [0.4, 0.5) is 10.6 Å². The van der Waals surface area contributed by atoms with Crippen LogP contribution in [0.5, 0.6) is 0 Å². The highest BCUT2D eigenvalue weighted by atomic mass is 16.5. The Morgan fingerprint density at radius 1 is 1.30 bits per heavy atom. The van der Waals surface area contributed by atoms with Crippen LogP contribution in [-0.2, 0) is 16.1 Å². The molecule has 0 atom stereocenters. The van der Waals surface area contributed by atoms with E-state index >= 15 is 0 Å². The lowest BCUT2D eigenvalue weighted by molar-refractivity contribution is 0.0600. The predicted molar refractivity (Wildman–Crippen MR) is 80.5 cm³/mol. The van der Waals surface area contributed by atoms with Gasteiger partial charge in [0.25, 0.3) is 0 Å². The number of esters is 1. The number of anilines is 1. The normalized spacial score (nSPS) is 9.57. The molecule has 1 N–H and O–H groups in total. The second kappa shape index (κ2) is 7.56. The third-order valence-electron chi connectivity index (χ3n) is 2.86. The van der Waals surface area contributed by atoms with E-state index in [-0.39, 0.29) is 23.6 Å². The van der Waals surface area contributed by atoms with Crippen molar-refractivity contribution in [3.8, 4) is 6.07 Å². The van der Waals surface area contributed by atoms with Crippen LogP contribution in [0.1, 0.15) is 21.5 Å². The molecule has 2 rings (SSSR count). The maximum absolute atomic E-state index is 11.8. The fourth-order valence-corrected chi connectivity index (χ4v) is 1.73. The van der Waals surface area contributed by atoms with Crippen molar-refractivity contribution in [1.82, 2.24) is 4.98 Å². The van der Waals surface area contributed by atoms with Crippen LogP contribution in [0.15, 0.2) is 42.6 Å². The highest BCUT2D eigenvalue weighted by Crippen LogP contribution is 2.14. The van der Waals surface area contributed by atoms with Gasteiger partial charge < -0.3 is 9.47 Å². The summed E-state index contributed by atoms with van der Waals surface area (Å²) in [6.45, 7) is 0.0921. The molecule has 2 aromatic rings. The molecule has 1 aromatic carbocycles. The van der Waals surface area contributed by atoms with Gasteiger partial charge in [0.05, 0.1) is 18.2 Å². The lowest BCUT2D eigenvalue weighted by atomic mass is 10.2. The van der Waals surface area contributed by atoms with Crippen molar-refractivity contribution in [2.45, 2.75) is 6.61 Å². The summed E-state index contributed by atoms with van der Waals surface area (Å²) in [5, 5.41) is 11.5. The number of rotatable bonds is 4. The van der Waals surface area contributed by atoms with E-state index in [4.69, 9.17) is 10.00 Å². The Labute approximate surface area is 132 Å². The second-order valence-electron chi connectivity index (χ2n) is 4.41. The molecule has 1 heterocycles. The number of pyridine rings is 1. The van der Waals surface area contributed by atoms with Gasteiger partial charge in [-0.3, -0.25) is 5.32 Å². The van der Waals surface area contributed by atoms with Gasteiger partial charge in [-0.25, -0.2) is 14.6 Å². The van der Waals surface area contributed by atoms with Crippen LogP contribution in [-0.4, -0.2) is 24.2 Å². The minimum atomic E-state index is -0.747. The van der Waals surface area contributed by atoms with Crippen LogP contribution in [0.25, 0.3) is 0 Å². The van der Waals surface area contributed by atoms with Gasteiger partial charge in [-0.05, 0) is 11.6 Å². The largest absolute Gasteiger partial charge is 0.465 e. The van der Waals surface area contributed by atoms with E-state index in [1.807, 2.05) is 36.4 Å². The summed E-state index contributed by atoms with van der Waals surface area (Å²) in [5.74, 6) is -0.606. The summed E-state index contributed by atoms with van der Waals surface area (Å²) >= 11 is 0. The molecule has 23 heavy (non-hydrogen) atoms. The fourth-order valence-electron chi connectivity index (χ4n) is 1.73. The minimum Gasteiger partial charge on any atom is -0.465 e. The molecule has 1 amide bonds. The fraction of sp³-hybridized carbons (Fsp3) is 0.125. The van der Waals surface area contributed by atoms with Crippen molar-refractivity contribution in [2.75, 3.05) is 12.4 Å². The zero-order valence-electron chi connectivity index (χ0n) is 12.3. The van der Waals surface area contributed by atoms with E-state index in [0.29, 0.717) is 0 Å². The van der Waals surface area contributed by atoms with Gasteiger partial charge in [0.2, 0.25) is 0 Å². The number of nitrogens with zero attached hydrogens (tertiary/aromatic N) is 2. The molecule has 0 unspecified atom stereocenters. The smallest absolute Gasteiger partial charge is 0.413 e. The molecule has 0 saturated heterocycles. The van der Waals surface area contributed by atoms with Gasteiger partial charge in [0.1, 0.15) is 12.7 Å². The van der Waals surface area contributed by atoms with E-state index in [0.717, 1.165) is 5.56 Å². The zero-order valence-corrected chi connectivity index (χ0v) is 12.3. The summed E-state index contributed by atoms with van der Waals surface area (Å²) in [5.41, 5.74) is 0.981. The van der Waals surface area contributed by atoms with Crippen LogP contribution in [0, 0.1) is 11.3 Å². The minimum absolute atomic E-state index is 0.0122. The highest BCUT2D eigenvalue weighted by Gasteiger charge is 2.13. The molecule has 7 nitrogen and oxygen atoms in total. The maximum atomic E-state index is 11.8. The Kier molecular flexibility index (Phi) is 5.25. The Morgan fingerprint density at radius 3 is 2.70 bits per heavy atom. The number of benzene rings is 1. The van der Waals surface area contributed by atoms with Crippen molar-refractivity contribution < 1.29 is 19.1 Å². The number of aromatic nitrogens is 1. The SMILES string of the molecule is COC(=O)c1cnc(NC(=O)OCc2ccccc2)c(C#N)c1. The van der Waals surface area contributed by atoms with Crippen molar-refractivity contribution >= 4 is 17.9 Å². The Hall–Kier alpha value is -3.40. The molecule has 0 aliphatic rings. The molecule has 1 aromatic heterocycles. The van der Waals surface area contributed by atoms with Gasteiger partial charge >= 0.3 is 12.1 Å². The Morgan fingerprint density at radius 2 is 2.04 bits per heavy atom. The van der Waals surface area contributed by atoms with Gasteiger partial charge in [-0.2, -0.15) is 5.26 Å². The van der Waals surface area contributed by atoms with E-state index in [1.165, 1.54) is 19.4 Å². The number of nitrogens with one attached hydrogen (secondary N) is 1. The monoisotopic (exact) mass is 311 g/mol. The van der Waals surface area contributed by atoms with Crippen molar-refractivity contribution in [3.05, 3.63) is 59.3 Å². The molecule has 116 valence electrons. The third-order valence-corrected chi connectivity index (χ3v) is 2.86. The number of ether oxygens (including phenoxy) is 2. The number of methoxy groups -OCH3 is 1. The first kappa shape index (κ1) is 16.0. The molecular formula is C16H13N3O4. The summed E-state index contributed by atoms with van der Waals surface area (Å²) in [7, 11) is 1.22. The summed E-state index contributed by atoms with van der Waals surface area (Å²) in [4.78, 5) is 27.0. The van der Waals surface area contributed by atoms with E-state index < -0.39 is 12.1 Å². The van der Waals surface area contributed by atoms with Gasteiger partial charge in [-0.15, -0.1) is 0 Å². The molecule has 7 heteroatoms. The highest BCUT2D eigenvalue weighted by molar-refractivity contribution is 5.91. The molecule has 0 aliphatic heterocycles. The Balaban J connectivity index is 2.03.